The van der Waals surface area contributed by atoms with E-state index < -0.39 is 22.8 Å². The van der Waals surface area contributed by atoms with Gasteiger partial charge >= 0.3 is 5.97 Å². The molecule has 0 saturated heterocycles. The van der Waals surface area contributed by atoms with Crippen molar-refractivity contribution in [1.29, 1.82) is 0 Å². The highest BCUT2D eigenvalue weighted by molar-refractivity contribution is 5.88. The minimum atomic E-state index is -1.05. The zero-order valence-corrected chi connectivity index (χ0v) is 30.2. The number of allylic oxidation sites excluding steroid dienone is 2. The highest BCUT2D eigenvalue weighted by atomic mass is 16.4. The SMILES string of the molecule is CC1(C)CC[C@]2(C(=O)N[C@@H](Cc3ccc(O)cc3)C(=O)O)CC[C@]3(C)C(=CC[C@@H]4[C@@]5(C)Cc6nccnc6[C@@](C)(CO)[C@@H]5CC[C@]43C)[C@@H]2C1. The maximum Gasteiger partial charge on any atom is 0.326 e. The van der Waals surface area contributed by atoms with Crippen LogP contribution in [0.4, 0.5) is 0 Å². The van der Waals surface area contributed by atoms with E-state index >= 15 is 0 Å². The molecule has 0 radical (unpaired) electrons. The van der Waals surface area contributed by atoms with Gasteiger partial charge in [0.05, 0.1) is 23.4 Å². The lowest BCUT2D eigenvalue weighted by atomic mass is 9.33. The molecule has 1 aromatic heterocycles. The third-order valence-corrected chi connectivity index (χ3v) is 15.3. The van der Waals surface area contributed by atoms with Crippen molar-refractivity contribution in [2.24, 2.45) is 44.8 Å². The van der Waals surface area contributed by atoms with Gasteiger partial charge < -0.3 is 20.6 Å². The van der Waals surface area contributed by atoms with Gasteiger partial charge in [0.2, 0.25) is 5.91 Å². The summed E-state index contributed by atoms with van der Waals surface area (Å²) in [6.07, 6.45) is 14.3. The number of carbonyl (C=O) groups is 2. The molecule has 2 aromatic rings. The van der Waals surface area contributed by atoms with Gasteiger partial charge in [-0.3, -0.25) is 14.8 Å². The zero-order chi connectivity index (χ0) is 35.2. The average molecular weight is 670 g/mol. The van der Waals surface area contributed by atoms with Crippen molar-refractivity contribution >= 4 is 11.9 Å². The number of benzene rings is 1. The van der Waals surface area contributed by atoms with Crippen molar-refractivity contribution in [3.8, 4) is 5.75 Å². The fourth-order valence-electron chi connectivity index (χ4n) is 12.4. The Morgan fingerprint density at radius 1 is 0.939 bits per heavy atom. The van der Waals surface area contributed by atoms with E-state index in [-0.39, 0.29) is 58.2 Å². The third-order valence-electron chi connectivity index (χ3n) is 15.3. The summed E-state index contributed by atoms with van der Waals surface area (Å²) in [5.41, 5.74) is 2.95. The van der Waals surface area contributed by atoms with E-state index in [9.17, 15) is 24.9 Å². The van der Waals surface area contributed by atoms with Crippen LogP contribution in [0.25, 0.3) is 0 Å². The summed E-state index contributed by atoms with van der Waals surface area (Å²) in [6, 6.07) is 5.49. The molecule has 1 aromatic carbocycles. The first kappa shape index (κ1) is 34.2. The first-order valence-electron chi connectivity index (χ1n) is 18.5. The number of carboxylic acid groups (broad SMARTS) is 1. The van der Waals surface area contributed by atoms with Crippen molar-refractivity contribution in [3.05, 3.63) is 65.3 Å². The number of phenolic OH excluding ortho intramolecular Hbond substituents is 1. The van der Waals surface area contributed by atoms with Gasteiger partial charge in [0.25, 0.3) is 0 Å². The van der Waals surface area contributed by atoms with Crippen LogP contribution < -0.4 is 5.32 Å². The molecular formula is C41H55N3O5. The molecule has 7 rings (SSSR count). The number of hydrogen-bond donors (Lipinski definition) is 4. The molecule has 5 aliphatic rings. The molecule has 3 saturated carbocycles. The number of nitrogens with one attached hydrogen (secondary N) is 1. The number of carbonyl (C=O) groups excluding carboxylic acids is 1. The number of nitrogens with zero attached hydrogens (tertiary/aromatic N) is 2. The molecule has 49 heavy (non-hydrogen) atoms. The topological polar surface area (TPSA) is 133 Å². The molecule has 0 aliphatic heterocycles. The number of aromatic hydroxyl groups is 1. The number of carboxylic acids is 1. The number of hydrogen-bond acceptors (Lipinski definition) is 6. The molecule has 9 atom stereocenters. The van der Waals surface area contributed by atoms with E-state index in [2.05, 4.69) is 52.9 Å². The summed E-state index contributed by atoms with van der Waals surface area (Å²) in [5.74, 6) is -0.326. The molecule has 0 spiro atoms. The Morgan fingerprint density at radius 2 is 1.63 bits per heavy atom. The molecule has 1 amide bonds. The summed E-state index contributed by atoms with van der Waals surface area (Å²) in [4.78, 5) is 36.8. The standard InChI is InChI=1S/C41H55N3O5/c1-36(2)15-17-41(35(49)44-29(34(47)48)21-25-7-9-26(46)10-8-25)18-16-39(5)27(28(41)22-36)11-12-32-37(3)23-30-33(43-20-19-42-30)38(4,24-45)31(37)13-14-40(32,39)6/h7-11,19-20,28-29,31-32,45-46H,12-18,21-24H2,1-6H3,(H,44,49)(H,47,48)/t28-,29-,31+,32+,37-,38-,39+,40+,41-/m0/s1. The summed E-state index contributed by atoms with van der Waals surface area (Å²) in [7, 11) is 0. The van der Waals surface area contributed by atoms with Crippen molar-refractivity contribution in [2.75, 3.05) is 6.61 Å². The van der Waals surface area contributed by atoms with Gasteiger partial charge in [-0.05, 0) is 115 Å². The third kappa shape index (κ3) is 4.93. The normalized spacial score (nSPS) is 39.5. The van der Waals surface area contributed by atoms with E-state index in [1.54, 1.807) is 36.7 Å². The van der Waals surface area contributed by atoms with E-state index in [4.69, 9.17) is 9.97 Å². The van der Waals surface area contributed by atoms with Crippen LogP contribution in [0.3, 0.4) is 0 Å². The van der Waals surface area contributed by atoms with Crippen LogP contribution in [0.15, 0.2) is 48.3 Å². The van der Waals surface area contributed by atoms with E-state index in [0.717, 1.165) is 74.7 Å². The quantitative estimate of drug-likeness (QED) is 0.249. The van der Waals surface area contributed by atoms with Crippen molar-refractivity contribution in [3.63, 3.8) is 0 Å². The number of fused-ring (bicyclic) bond motifs is 8. The Bertz CT molecular complexity index is 1690. The lowest BCUT2D eigenvalue weighted by Gasteiger charge is -2.70. The van der Waals surface area contributed by atoms with Crippen molar-refractivity contribution in [2.45, 2.75) is 117 Å². The second-order valence-corrected chi connectivity index (χ2v) is 18.2. The Labute approximate surface area is 291 Å². The first-order valence-corrected chi connectivity index (χ1v) is 18.5. The van der Waals surface area contributed by atoms with Crippen LogP contribution in [-0.2, 0) is 27.8 Å². The van der Waals surface area contributed by atoms with Gasteiger partial charge in [0.15, 0.2) is 0 Å². The van der Waals surface area contributed by atoms with Gasteiger partial charge in [-0.2, -0.15) is 0 Å². The molecule has 8 heteroatoms. The van der Waals surface area contributed by atoms with Crippen LogP contribution in [-0.4, -0.2) is 49.8 Å². The second kappa shape index (κ2) is 11.4. The molecule has 1 heterocycles. The highest BCUT2D eigenvalue weighted by Crippen LogP contribution is 2.75. The van der Waals surface area contributed by atoms with Crippen LogP contribution in [0.2, 0.25) is 0 Å². The largest absolute Gasteiger partial charge is 0.508 e. The van der Waals surface area contributed by atoms with Gasteiger partial charge in [0.1, 0.15) is 11.8 Å². The molecular weight excluding hydrogens is 614 g/mol. The number of phenols is 1. The van der Waals surface area contributed by atoms with Crippen LogP contribution >= 0.6 is 0 Å². The number of aliphatic hydroxyl groups excluding tert-OH is 1. The van der Waals surface area contributed by atoms with E-state index in [0.29, 0.717) is 5.92 Å². The van der Waals surface area contributed by atoms with Gasteiger partial charge in [-0.25, -0.2) is 4.79 Å². The minimum absolute atomic E-state index is 0.00882. The van der Waals surface area contributed by atoms with Crippen molar-refractivity contribution in [1.82, 2.24) is 15.3 Å². The number of amides is 1. The molecule has 0 bridgehead atoms. The molecule has 8 nitrogen and oxygen atoms in total. The lowest BCUT2D eigenvalue weighted by molar-refractivity contribution is -0.172. The zero-order valence-electron chi connectivity index (χ0n) is 30.2. The predicted octanol–water partition coefficient (Wildman–Crippen LogP) is 6.78. The smallest absolute Gasteiger partial charge is 0.326 e. The second-order valence-electron chi connectivity index (χ2n) is 18.2. The number of aliphatic hydroxyl groups is 1. The maximum atomic E-state index is 14.6. The Balaban J connectivity index is 1.25. The van der Waals surface area contributed by atoms with Crippen molar-refractivity contribution < 1.29 is 24.9 Å². The molecule has 0 unspecified atom stereocenters. The number of aliphatic carboxylic acids is 1. The molecule has 5 aliphatic carbocycles. The Hall–Kier alpha value is -3.26. The summed E-state index contributed by atoms with van der Waals surface area (Å²) in [5, 5.41) is 33.9. The maximum absolute atomic E-state index is 14.6. The van der Waals surface area contributed by atoms with E-state index in [1.807, 2.05) is 0 Å². The number of aromatic nitrogens is 2. The molecule has 264 valence electrons. The minimum Gasteiger partial charge on any atom is -0.508 e. The Kier molecular flexibility index (Phi) is 7.94. The van der Waals surface area contributed by atoms with Gasteiger partial charge in [-0.1, -0.05) is 65.3 Å². The lowest BCUT2D eigenvalue weighted by Crippen LogP contribution is -2.66. The average Bonchev–Trinajstić information content (AvgIpc) is 3.05. The molecule has 3 fully saturated rings. The summed E-state index contributed by atoms with van der Waals surface area (Å²) < 4.78 is 0. The van der Waals surface area contributed by atoms with Crippen LogP contribution in [0, 0.1) is 44.8 Å². The monoisotopic (exact) mass is 669 g/mol. The van der Waals surface area contributed by atoms with Gasteiger partial charge in [-0.15, -0.1) is 0 Å². The summed E-state index contributed by atoms with van der Waals surface area (Å²) in [6.45, 7) is 14.3. The summed E-state index contributed by atoms with van der Waals surface area (Å²) >= 11 is 0. The predicted molar refractivity (Wildman–Crippen MR) is 188 cm³/mol. The highest BCUT2D eigenvalue weighted by Gasteiger charge is 2.69. The fraction of sp³-hybridized carbons (Fsp3) is 0.659. The molecule has 4 N–H and O–H groups in total. The number of rotatable bonds is 6. The first-order chi connectivity index (χ1) is 23.0. The van der Waals surface area contributed by atoms with Crippen LogP contribution in [0.1, 0.15) is 110 Å². The Morgan fingerprint density at radius 3 is 2.33 bits per heavy atom. The van der Waals surface area contributed by atoms with Gasteiger partial charge in [0, 0.05) is 24.2 Å². The van der Waals surface area contributed by atoms with Crippen LogP contribution in [0.5, 0.6) is 5.75 Å². The van der Waals surface area contributed by atoms with E-state index in [1.165, 1.54) is 5.57 Å². The fourth-order valence-corrected chi connectivity index (χ4v) is 12.4.